The quantitative estimate of drug-likeness (QED) is 0.904. The number of urea groups is 1. The lowest BCUT2D eigenvalue weighted by atomic mass is 10.0. The van der Waals surface area contributed by atoms with E-state index in [-0.39, 0.29) is 11.9 Å². The first kappa shape index (κ1) is 13.4. The van der Waals surface area contributed by atoms with Crippen LogP contribution in [0.1, 0.15) is 25.7 Å². The minimum absolute atomic E-state index is 0.0915. The molecule has 2 fully saturated rings. The largest absolute Gasteiger partial charge is 0.340 e. The van der Waals surface area contributed by atoms with Gasteiger partial charge in [0.15, 0.2) is 5.13 Å². The predicted octanol–water partition coefficient (Wildman–Crippen LogP) is 1.76. The average molecular weight is 294 g/mol. The third kappa shape index (κ3) is 2.77. The van der Waals surface area contributed by atoms with Crippen molar-refractivity contribution in [2.24, 2.45) is 0 Å². The lowest BCUT2D eigenvalue weighted by Gasteiger charge is -2.36. The van der Waals surface area contributed by atoms with Crippen molar-refractivity contribution in [1.29, 1.82) is 0 Å². The number of anilines is 1. The van der Waals surface area contributed by atoms with Crippen LogP contribution in [-0.2, 0) is 4.79 Å². The van der Waals surface area contributed by atoms with Gasteiger partial charge in [0.05, 0.1) is 0 Å². The third-order valence-electron chi connectivity index (χ3n) is 3.95. The van der Waals surface area contributed by atoms with Gasteiger partial charge in [0.25, 0.3) is 0 Å². The van der Waals surface area contributed by atoms with Crippen LogP contribution < -0.4 is 5.32 Å². The van der Waals surface area contributed by atoms with Crippen molar-refractivity contribution in [3.8, 4) is 0 Å². The predicted molar refractivity (Wildman–Crippen MR) is 76.7 cm³/mol. The monoisotopic (exact) mass is 294 g/mol. The Balaban J connectivity index is 1.50. The van der Waals surface area contributed by atoms with Crippen LogP contribution in [-0.4, -0.2) is 52.4 Å². The molecule has 20 heavy (non-hydrogen) atoms. The molecule has 2 saturated heterocycles. The molecule has 1 aromatic rings. The van der Waals surface area contributed by atoms with Gasteiger partial charge >= 0.3 is 6.03 Å². The minimum Gasteiger partial charge on any atom is -0.340 e. The van der Waals surface area contributed by atoms with E-state index in [4.69, 9.17) is 0 Å². The maximum absolute atomic E-state index is 12.1. The van der Waals surface area contributed by atoms with E-state index in [1.807, 2.05) is 10.3 Å². The molecular formula is C13H18N4O2S. The fraction of sp³-hybridized carbons (Fsp3) is 0.615. The van der Waals surface area contributed by atoms with Crippen molar-refractivity contribution in [1.82, 2.24) is 14.8 Å². The van der Waals surface area contributed by atoms with E-state index >= 15 is 0 Å². The standard InChI is InChI=1S/C13H18N4O2S/c18-11-2-1-6-17(11)10-3-7-16(8-4-10)13(19)15-12-14-5-9-20-12/h5,9-10H,1-4,6-8H2,(H,14,15,19). The van der Waals surface area contributed by atoms with Gasteiger partial charge in [-0.15, -0.1) is 11.3 Å². The number of carbonyl (C=O) groups is 2. The molecule has 0 bridgehead atoms. The molecule has 1 N–H and O–H groups in total. The number of piperidine rings is 1. The number of nitrogens with zero attached hydrogens (tertiary/aromatic N) is 3. The van der Waals surface area contributed by atoms with Crippen LogP contribution in [0, 0.1) is 0 Å². The van der Waals surface area contributed by atoms with Gasteiger partial charge in [0, 0.05) is 43.7 Å². The van der Waals surface area contributed by atoms with E-state index in [0.717, 1.165) is 25.8 Å². The van der Waals surface area contributed by atoms with Gasteiger partial charge in [-0.1, -0.05) is 0 Å². The maximum Gasteiger partial charge on any atom is 0.323 e. The van der Waals surface area contributed by atoms with Crippen LogP contribution in [0.15, 0.2) is 11.6 Å². The summed E-state index contributed by atoms with van der Waals surface area (Å²) in [4.78, 5) is 31.6. The van der Waals surface area contributed by atoms with Crippen molar-refractivity contribution in [2.75, 3.05) is 25.0 Å². The number of aromatic nitrogens is 1. The number of amides is 3. The Morgan fingerprint density at radius 3 is 2.75 bits per heavy atom. The van der Waals surface area contributed by atoms with Gasteiger partial charge in [-0.3, -0.25) is 10.1 Å². The van der Waals surface area contributed by atoms with E-state index in [2.05, 4.69) is 10.3 Å². The molecule has 0 aromatic carbocycles. The highest BCUT2D eigenvalue weighted by atomic mass is 32.1. The van der Waals surface area contributed by atoms with Crippen LogP contribution in [0.25, 0.3) is 0 Å². The van der Waals surface area contributed by atoms with Crippen LogP contribution >= 0.6 is 11.3 Å². The molecule has 0 aliphatic carbocycles. The molecule has 0 unspecified atom stereocenters. The highest BCUT2D eigenvalue weighted by Gasteiger charge is 2.31. The van der Waals surface area contributed by atoms with E-state index in [9.17, 15) is 9.59 Å². The lowest BCUT2D eigenvalue weighted by molar-refractivity contribution is -0.130. The summed E-state index contributed by atoms with van der Waals surface area (Å²) in [5.74, 6) is 0.274. The molecule has 0 radical (unpaired) electrons. The van der Waals surface area contributed by atoms with Gasteiger partial charge in [0.2, 0.25) is 5.91 Å². The second-order valence-corrected chi connectivity index (χ2v) is 6.07. The van der Waals surface area contributed by atoms with E-state index < -0.39 is 0 Å². The second-order valence-electron chi connectivity index (χ2n) is 5.18. The van der Waals surface area contributed by atoms with Crippen molar-refractivity contribution in [3.63, 3.8) is 0 Å². The molecule has 1 aromatic heterocycles. The number of nitrogens with one attached hydrogen (secondary N) is 1. The molecule has 2 aliphatic rings. The smallest absolute Gasteiger partial charge is 0.323 e. The lowest BCUT2D eigenvalue weighted by Crippen LogP contribution is -2.48. The second kappa shape index (κ2) is 5.78. The van der Waals surface area contributed by atoms with Crippen LogP contribution in [0.5, 0.6) is 0 Å². The summed E-state index contributed by atoms with van der Waals surface area (Å²) >= 11 is 1.41. The third-order valence-corrected chi connectivity index (χ3v) is 4.64. The molecule has 3 amide bonds. The average Bonchev–Trinajstić information content (AvgIpc) is 3.10. The van der Waals surface area contributed by atoms with Crippen LogP contribution in [0.2, 0.25) is 0 Å². The van der Waals surface area contributed by atoms with Crippen LogP contribution in [0.4, 0.5) is 9.93 Å². The number of thiazole rings is 1. The summed E-state index contributed by atoms with van der Waals surface area (Å²) in [6, 6.07) is 0.222. The molecule has 3 rings (SSSR count). The van der Waals surface area contributed by atoms with Crippen molar-refractivity contribution < 1.29 is 9.59 Å². The molecule has 0 atom stereocenters. The van der Waals surface area contributed by atoms with E-state index in [1.54, 1.807) is 11.1 Å². The van der Waals surface area contributed by atoms with Crippen LogP contribution in [0.3, 0.4) is 0 Å². The summed E-state index contributed by atoms with van der Waals surface area (Å²) in [5.41, 5.74) is 0. The van der Waals surface area contributed by atoms with Gasteiger partial charge in [-0.2, -0.15) is 0 Å². The molecule has 2 aliphatic heterocycles. The molecule has 0 spiro atoms. The maximum atomic E-state index is 12.1. The zero-order chi connectivity index (χ0) is 13.9. The van der Waals surface area contributed by atoms with Crippen molar-refractivity contribution >= 4 is 28.4 Å². The Hall–Kier alpha value is -1.63. The topological polar surface area (TPSA) is 65.5 Å². The zero-order valence-corrected chi connectivity index (χ0v) is 12.1. The molecule has 0 saturated carbocycles. The summed E-state index contributed by atoms with van der Waals surface area (Å²) in [5, 5.41) is 5.26. The van der Waals surface area contributed by atoms with Gasteiger partial charge in [-0.05, 0) is 19.3 Å². The Morgan fingerprint density at radius 1 is 1.35 bits per heavy atom. The molecule has 3 heterocycles. The Morgan fingerprint density at radius 2 is 2.15 bits per heavy atom. The first-order chi connectivity index (χ1) is 9.74. The van der Waals surface area contributed by atoms with Gasteiger partial charge < -0.3 is 9.80 Å². The highest BCUT2D eigenvalue weighted by Crippen LogP contribution is 2.22. The van der Waals surface area contributed by atoms with E-state index in [0.29, 0.717) is 30.7 Å². The first-order valence-electron chi connectivity index (χ1n) is 6.99. The van der Waals surface area contributed by atoms with Gasteiger partial charge in [-0.25, -0.2) is 9.78 Å². The Kier molecular flexibility index (Phi) is 3.86. The molecule has 7 heteroatoms. The normalized spacial score (nSPS) is 20.5. The summed E-state index contributed by atoms with van der Waals surface area (Å²) in [7, 11) is 0. The summed E-state index contributed by atoms with van der Waals surface area (Å²) < 4.78 is 0. The highest BCUT2D eigenvalue weighted by molar-refractivity contribution is 7.13. The first-order valence-corrected chi connectivity index (χ1v) is 7.87. The number of hydrogen-bond donors (Lipinski definition) is 1. The van der Waals surface area contributed by atoms with Gasteiger partial charge in [0.1, 0.15) is 0 Å². The number of hydrogen-bond acceptors (Lipinski definition) is 4. The number of likely N-dealkylation sites (tertiary alicyclic amines) is 2. The Labute approximate surface area is 121 Å². The number of carbonyl (C=O) groups excluding carboxylic acids is 2. The minimum atomic E-state index is -0.0915. The SMILES string of the molecule is O=C(Nc1nccs1)N1CCC(N2CCCC2=O)CC1. The fourth-order valence-electron chi connectivity index (χ4n) is 2.89. The van der Waals surface area contributed by atoms with Crippen molar-refractivity contribution in [2.45, 2.75) is 31.7 Å². The molecule has 108 valence electrons. The molecular weight excluding hydrogens is 276 g/mol. The molecule has 6 nitrogen and oxygen atoms in total. The van der Waals surface area contributed by atoms with E-state index in [1.165, 1.54) is 11.3 Å². The summed E-state index contributed by atoms with van der Waals surface area (Å²) in [6.07, 6.45) is 5.08. The fourth-order valence-corrected chi connectivity index (χ4v) is 3.41. The summed E-state index contributed by atoms with van der Waals surface area (Å²) in [6.45, 7) is 2.28. The number of rotatable bonds is 2. The zero-order valence-electron chi connectivity index (χ0n) is 11.2. The van der Waals surface area contributed by atoms with Crippen molar-refractivity contribution in [3.05, 3.63) is 11.6 Å². The Bertz CT molecular complexity index is 483.